The molecule has 0 fully saturated rings. The van der Waals surface area contributed by atoms with Gasteiger partial charge in [-0.3, -0.25) is 0 Å². The Labute approximate surface area is 106 Å². The van der Waals surface area contributed by atoms with Gasteiger partial charge in [0.05, 0.1) is 0 Å². The molecule has 2 aromatic carbocycles. The summed E-state index contributed by atoms with van der Waals surface area (Å²) in [6.45, 7) is 2.74. The molecule has 0 aliphatic rings. The first-order valence-corrected chi connectivity index (χ1v) is 5.87. The number of nitrogen functional groups attached to an aromatic ring is 1. The highest BCUT2D eigenvalue weighted by atomic mass is 35.5. The van der Waals surface area contributed by atoms with Gasteiger partial charge in [0.25, 0.3) is 0 Å². The minimum Gasteiger partial charge on any atom is -0.398 e. The fourth-order valence-electron chi connectivity index (χ4n) is 1.60. The van der Waals surface area contributed by atoms with Gasteiger partial charge in [0.1, 0.15) is 0 Å². The number of aryl methyl sites for hydroxylation is 1. The third-order valence-corrected chi connectivity index (χ3v) is 2.90. The van der Waals surface area contributed by atoms with Gasteiger partial charge < -0.3 is 11.1 Å². The zero-order valence-corrected chi connectivity index (χ0v) is 10.5. The average Bonchev–Trinajstić information content (AvgIpc) is 2.31. The molecule has 0 aromatic heterocycles. The van der Waals surface area contributed by atoms with Crippen molar-refractivity contribution in [2.45, 2.75) is 13.5 Å². The van der Waals surface area contributed by atoms with Crippen molar-refractivity contribution in [3.05, 3.63) is 58.6 Å². The maximum Gasteiger partial charge on any atom is 0.0409 e. The minimum atomic E-state index is 0.739. The first-order valence-electron chi connectivity index (χ1n) is 5.49. The van der Waals surface area contributed by atoms with Crippen molar-refractivity contribution in [3.8, 4) is 0 Å². The van der Waals surface area contributed by atoms with Gasteiger partial charge in [0.15, 0.2) is 0 Å². The molecule has 2 nitrogen and oxygen atoms in total. The maximum absolute atomic E-state index is 5.92. The smallest absolute Gasteiger partial charge is 0.0409 e. The van der Waals surface area contributed by atoms with E-state index in [9.17, 15) is 0 Å². The Morgan fingerprint density at radius 3 is 2.71 bits per heavy atom. The Morgan fingerprint density at radius 1 is 1.18 bits per heavy atom. The number of nitrogens with one attached hydrogen (secondary N) is 1. The van der Waals surface area contributed by atoms with Crippen molar-refractivity contribution in [3.63, 3.8) is 0 Å². The van der Waals surface area contributed by atoms with Gasteiger partial charge in [-0.25, -0.2) is 0 Å². The molecule has 0 saturated carbocycles. The third-order valence-electron chi connectivity index (χ3n) is 2.66. The standard InChI is InChI=1S/C14H15ClN2/c1-10-5-6-13(8-14(10)16)17-9-11-3-2-4-12(15)7-11/h2-8,17H,9,16H2,1H3. The van der Waals surface area contributed by atoms with Crippen LogP contribution in [0.1, 0.15) is 11.1 Å². The molecule has 88 valence electrons. The van der Waals surface area contributed by atoms with Crippen LogP contribution in [0.3, 0.4) is 0 Å². The molecule has 0 saturated heterocycles. The molecule has 0 bridgehead atoms. The zero-order valence-electron chi connectivity index (χ0n) is 9.70. The number of hydrogen-bond donors (Lipinski definition) is 2. The maximum atomic E-state index is 5.92. The van der Waals surface area contributed by atoms with Crippen molar-refractivity contribution in [2.75, 3.05) is 11.1 Å². The van der Waals surface area contributed by atoms with Gasteiger partial charge in [0.2, 0.25) is 0 Å². The summed E-state index contributed by atoms with van der Waals surface area (Å²) in [4.78, 5) is 0. The van der Waals surface area contributed by atoms with Crippen LogP contribution in [0.15, 0.2) is 42.5 Å². The van der Waals surface area contributed by atoms with Gasteiger partial charge in [0, 0.05) is 22.9 Å². The Morgan fingerprint density at radius 2 is 2.00 bits per heavy atom. The van der Waals surface area contributed by atoms with Crippen molar-refractivity contribution in [2.24, 2.45) is 0 Å². The topological polar surface area (TPSA) is 38.0 Å². The molecular formula is C14H15ClN2. The molecule has 0 heterocycles. The summed E-state index contributed by atoms with van der Waals surface area (Å²) in [7, 11) is 0. The summed E-state index contributed by atoms with van der Waals surface area (Å²) in [5, 5.41) is 4.07. The lowest BCUT2D eigenvalue weighted by atomic mass is 10.1. The Kier molecular flexibility index (Phi) is 3.55. The molecule has 0 unspecified atom stereocenters. The first-order chi connectivity index (χ1) is 8.15. The Hall–Kier alpha value is -1.67. The van der Waals surface area contributed by atoms with Crippen LogP contribution >= 0.6 is 11.6 Å². The normalized spacial score (nSPS) is 10.2. The van der Waals surface area contributed by atoms with Crippen LogP contribution in [0.5, 0.6) is 0 Å². The highest BCUT2D eigenvalue weighted by Crippen LogP contribution is 2.18. The lowest BCUT2D eigenvalue weighted by Crippen LogP contribution is -2.00. The number of rotatable bonds is 3. The summed E-state index contributed by atoms with van der Waals surface area (Å²) < 4.78 is 0. The van der Waals surface area contributed by atoms with Crippen LogP contribution < -0.4 is 11.1 Å². The van der Waals surface area contributed by atoms with E-state index < -0.39 is 0 Å². The van der Waals surface area contributed by atoms with Crippen LogP contribution in [-0.2, 0) is 6.54 Å². The van der Waals surface area contributed by atoms with Crippen molar-refractivity contribution in [1.29, 1.82) is 0 Å². The highest BCUT2D eigenvalue weighted by Gasteiger charge is 1.98. The summed E-state index contributed by atoms with van der Waals surface area (Å²) in [5.74, 6) is 0. The van der Waals surface area contributed by atoms with Crippen molar-refractivity contribution < 1.29 is 0 Å². The molecule has 3 heteroatoms. The van der Waals surface area contributed by atoms with Gasteiger partial charge in [-0.1, -0.05) is 29.8 Å². The summed E-state index contributed by atoms with van der Waals surface area (Å²) in [6, 6.07) is 13.8. The van der Waals surface area contributed by atoms with E-state index in [0.29, 0.717) is 0 Å². The monoisotopic (exact) mass is 246 g/mol. The van der Waals surface area contributed by atoms with Crippen molar-refractivity contribution in [1.82, 2.24) is 0 Å². The zero-order chi connectivity index (χ0) is 12.3. The Balaban J connectivity index is 2.05. The molecule has 0 atom stereocenters. The van der Waals surface area contributed by atoms with Crippen LogP contribution in [0.25, 0.3) is 0 Å². The van der Waals surface area contributed by atoms with Crippen LogP contribution in [0.4, 0.5) is 11.4 Å². The fourth-order valence-corrected chi connectivity index (χ4v) is 1.81. The lowest BCUT2D eigenvalue weighted by Gasteiger charge is -2.08. The molecule has 0 amide bonds. The largest absolute Gasteiger partial charge is 0.398 e. The van der Waals surface area contributed by atoms with E-state index in [1.807, 2.05) is 49.4 Å². The van der Waals surface area contributed by atoms with E-state index in [4.69, 9.17) is 17.3 Å². The first kappa shape index (κ1) is 11.8. The molecule has 0 aliphatic carbocycles. The predicted octanol–water partition coefficient (Wildman–Crippen LogP) is 3.84. The van der Waals surface area contributed by atoms with Crippen LogP contribution in [0.2, 0.25) is 5.02 Å². The molecule has 3 N–H and O–H groups in total. The number of nitrogens with two attached hydrogens (primary N) is 1. The van der Waals surface area contributed by atoms with Crippen LogP contribution in [-0.4, -0.2) is 0 Å². The number of anilines is 2. The highest BCUT2D eigenvalue weighted by molar-refractivity contribution is 6.30. The predicted molar refractivity (Wildman–Crippen MR) is 74.4 cm³/mol. The van der Waals surface area contributed by atoms with E-state index in [-0.39, 0.29) is 0 Å². The van der Waals surface area contributed by atoms with E-state index >= 15 is 0 Å². The summed E-state index contributed by atoms with van der Waals surface area (Å²) >= 11 is 5.92. The minimum absolute atomic E-state index is 0.739. The van der Waals surface area contributed by atoms with Gasteiger partial charge in [-0.05, 0) is 42.3 Å². The number of halogens is 1. The fraction of sp³-hybridized carbons (Fsp3) is 0.143. The van der Waals surface area contributed by atoms with E-state index in [2.05, 4.69) is 5.32 Å². The average molecular weight is 247 g/mol. The quantitative estimate of drug-likeness (QED) is 0.808. The summed E-state index contributed by atoms with van der Waals surface area (Å²) in [5.41, 5.74) is 9.93. The second-order valence-corrected chi connectivity index (χ2v) is 4.49. The summed E-state index contributed by atoms with van der Waals surface area (Å²) in [6.07, 6.45) is 0. The van der Waals surface area contributed by atoms with Gasteiger partial charge >= 0.3 is 0 Å². The lowest BCUT2D eigenvalue weighted by molar-refractivity contribution is 1.15. The molecular weight excluding hydrogens is 232 g/mol. The van der Waals surface area contributed by atoms with E-state index in [0.717, 1.165) is 34.1 Å². The van der Waals surface area contributed by atoms with Gasteiger partial charge in [-0.2, -0.15) is 0 Å². The Bertz CT molecular complexity index is 523. The second-order valence-electron chi connectivity index (χ2n) is 4.05. The third kappa shape index (κ3) is 3.14. The number of benzene rings is 2. The second kappa shape index (κ2) is 5.11. The molecule has 0 radical (unpaired) electrons. The van der Waals surface area contributed by atoms with E-state index in [1.165, 1.54) is 0 Å². The number of hydrogen-bond acceptors (Lipinski definition) is 2. The van der Waals surface area contributed by atoms with Crippen molar-refractivity contribution >= 4 is 23.0 Å². The molecule has 2 aromatic rings. The molecule has 0 aliphatic heterocycles. The molecule has 2 rings (SSSR count). The van der Waals surface area contributed by atoms with Crippen LogP contribution in [0, 0.1) is 6.92 Å². The molecule has 17 heavy (non-hydrogen) atoms. The SMILES string of the molecule is Cc1ccc(NCc2cccc(Cl)c2)cc1N. The van der Waals surface area contributed by atoms with Gasteiger partial charge in [-0.15, -0.1) is 0 Å². The van der Waals surface area contributed by atoms with E-state index in [1.54, 1.807) is 0 Å². The molecule has 0 spiro atoms.